The summed E-state index contributed by atoms with van der Waals surface area (Å²) in [4.78, 5) is 11.7. The molecule has 0 spiro atoms. The average molecular weight is 298 g/mol. The predicted molar refractivity (Wildman–Crippen MR) is 87.6 cm³/mol. The molecule has 0 heterocycles. The van der Waals surface area contributed by atoms with Crippen LogP contribution >= 0.6 is 0 Å². The average Bonchev–Trinajstić information content (AvgIpc) is 2.48. The molecule has 0 amide bonds. The number of aryl methyl sites for hydroxylation is 2. The van der Waals surface area contributed by atoms with E-state index in [0.717, 1.165) is 28.0 Å². The zero-order valence-electron chi connectivity index (χ0n) is 13.3. The molecule has 0 saturated carbocycles. The maximum atomic E-state index is 11.7. The molecule has 0 aromatic heterocycles. The number of ether oxygens (including phenoxy) is 1. The van der Waals surface area contributed by atoms with E-state index in [4.69, 9.17) is 4.74 Å². The van der Waals surface area contributed by atoms with Gasteiger partial charge in [-0.25, -0.2) is 0 Å². The number of carboxylic acid groups (broad SMARTS) is 1. The van der Waals surface area contributed by atoms with E-state index in [2.05, 4.69) is 0 Å². The Bertz CT molecular complexity index is 661. The Balaban J connectivity index is 2.31. The second-order valence-corrected chi connectivity index (χ2v) is 5.54. The molecule has 0 radical (unpaired) electrons. The molecule has 1 N–H and O–H groups in total. The molecule has 116 valence electrons. The fourth-order valence-electron chi connectivity index (χ4n) is 2.63. The monoisotopic (exact) mass is 298 g/mol. The number of carboxylic acids is 1. The van der Waals surface area contributed by atoms with Crippen molar-refractivity contribution in [2.45, 2.75) is 33.1 Å². The molecule has 0 saturated heterocycles. The van der Waals surface area contributed by atoms with Crippen LogP contribution in [0.25, 0.3) is 0 Å². The fraction of sp³-hybridized carbons (Fsp3) is 0.316. The quantitative estimate of drug-likeness (QED) is 0.873. The Kier molecular flexibility index (Phi) is 5.21. The Morgan fingerprint density at radius 2 is 1.95 bits per heavy atom. The SMILES string of the molecule is CCOc1cccc(CC(C(=O)O)c2cc(C)ccc2C)c1. The lowest BCUT2D eigenvalue weighted by molar-refractivity contribution is -0.138. The number of benzene rings is 2. The van der Waals surface area contributed by atoms with E-state index >= 15 is 0 Å². The van der Waals surface area contributed by atoms with Gasteiger partial charge in [0.25, 0.3) is 0 Å². The summed E-state index contributed by atoms with van der Waals surface area (Å²) >= 11 is 0. The third kappa shape index (κ3) is 3.88. The second-order valence-electron chi connectivity index (χ2n) is 5.54. The number of aliphatic carboxylic acids is 1. The first-order chi connectivity index (χ1) is 10.5. The van der Waals surface area contributed by atoms with Gasteiger partial charge in [-0.3, -0.25) is 4.79 Å². The Morgan fingerprint density at radius 1 is 1.18 bits per heavy atom. The highest BCUT2D eigenvalue weighted by Crippen LogP contribution is 2.27. The maximum Gasteiger partial charge on any atom is 0.311 e. The first kappa shape index (κ1) is 16.1. The maximum absolute atomic E-state index is 11.7. The first-order valence-electron chi connectivity index (χ1n) is 7.53. The summed E-state index contributed by atoms with van der Waals surface area (Å²) in [7, 11) is 0. The van der Waals surface area contributed by atoms with Crippen molar-refractivity contribution in [3.05, 3.63) is 64.7 Å². The van der Waals surface area contributed by atoms with E-state index in [1.807, 2.05) is 63.2 Å². The van der Waals surface area contributed by atoms with Gasteiger partial charge in [0, 0.05) is 0 Å². The fourth-order valence-corrected chi connectivity index (χ4v) is 2.63. The van der Waals surface area contributed by atoms with Crippen molar-refractivity contribution in [2.24, 2.45) is 0 Å². The number of hydrogen-bond donors (Lipinski definition) is 1. The Labute approximate surface area is 131 Å². The van der Waals surface area contributed by atoms with Gasteiger partial charge in [0.05, 0.1) is 12.5 Å². The minimum atomic E-state index is -0.796. The van der Waals surface area contributed by atoms with Gasteiger partial charge in [-0.2, -0.15) is 0 Å². The van der Waals surface area contributed by atoms with Crippen LogP contribution in [0.1, 0.15) is 35.1 Å². The van der Waals surface area contributed by atoms with Crippen LogP contribution in [0.2, 0.25) is 0 Å². The molecule has 0 aliphatic heterocycles. The van der Waals surface area contributed by atoms with E-state index in [0.29, 0.717) is 13.0 Å². The molecule has 0 aliphatic rings. The molecule has 0 fully saturated rings. The van der Waals surface area contributed by atoms with Crippen molar-refractivity contribution < 1.29 is 14.6 Å². The molecule has 0 aliphatic carbocycles. The first-order valence-corrected chi connectivity index (χ1v) is 7.53. The lowest BCUT2D eigenvalue weighted by Gasteiger charge is -2.17. The lowest BCUT2D eigenvalue weighted by Crippen LogP contribution is -2.16. The van der Waals surface area contributed by atoms with Crippen LogP contribution in [0.5, 0.6) is 5.75 Å². The molecule has 1 atom stereocenters. The molecule has 2 rings (SSSR count). The Hall–Kier alpha value is -2.29. The van der Waals surface area contributed by atoms with E-state index in [9.17, 15) is 9.90 Å². The molecular formula is C19H22O3. The highest BCUT2D eigenvalue weighted by atomic mass is 16.5. The van der Waals surface area contributed by atoms with Crippen LogP contribution in [-0.4, -0.2) is 17.7 Å². The van der Waals surface area contributed by atoms with Gasteiger partial charge in [-0.15, -0.1) is 0 Å². The van der Waals surface area contributed by atoms with E-state index in [-0.39, 0.29) is 0 Å². The van der Waals surface area contributed by atoms with Crippen LogP contribution < -0.4 is 4.74 Å². The van der Waals surface area contributed by atoms with Crippen molar-refractivity contribution in [3.63, 3.8) is 0 Å². The summed E-state index contributed by atoms with van der Waals surface area (Å²) in [5.41, 5.74) is 3.95. The van der Waals surface area contributed by atoms with Gasteiger partial charge in [0.15, 0.2) is 0 Å². The largest absolute Gasteiger partial charge is 0.494 e. The lowest BCUT2D eigenvalue weighted by atomic mass is 9.88. The van der Waals surface area contributed by atoms with E-state index in [1.165, 1.54) is 0 Å². The summed E-state index contributed by atoms with van der Waals surface area (Å²) in [6.07, 6.45) is 0.459. The zero-order chi connectivity index (χ0) is 16.1. The summed E-state index contributed by atoms with van der Waals surface area (Å²) < 4.78 is 5.49. The van der Waals surface area contributed by atoms with Gasteiger partial charge >= 0.3 is 5.97 Å². The molecule has 1 unspecified atom stereocenters. The van der Waals surface area contributed by atoms with Crippen molar-refractivity contribution in [1.82, 2.24) is 0 Å². The van der Waals surface area contributed by atoms with Crippen molar-refractivity contribution in [1.29, 1.82) is 0 Å². The Morgan fingerprint density at radius 3 is 2.64 bits per heavy atom. The van der Waals surface area contributed by atoms with E-state index in [1.54, 1.807) is 0 Å². The van der Waals surface area contributed by atoms with Crippen LogP contribution in [0.3, 0.4) is 0 Å². The van der Waals surface area contributed by atoms with Crippen LogP contribution in [0.4, 0.5) is 0 Å². The minimum Gasteiger partial charge on any atom is -0.494 e. The highest BCUT2D eigenvalue weighted by Gasteiger charge is 2.22. The molecule has 2 aromatic rings. The smallest absolute Gasteiger partial charge is 0.311 e. The summed E-state index contributed by atoms with van der Waals surface area (Å²) in [6.45, 7) is 6.48. The van der Waals surface area contributed by atoms with Crippen molar-refractivity contribution in [2.75, 3.05) is 6.61 Å². The predicted octanol–water partition coefficient (Wildman–Crippen LogP) is 4.11. The van der Waals surface area contributed by atoms with Crippen LogP contribution in [-0.2, 0) is 11.2 Å². The molecule has 2 aromatic carbocycles. The standard InChI is InChI=1S/C19H22O3/c1-4-22-16-7-5-6-15(11-16)12-18(19(20)21)17-10-13(2)8-9-14(17)3/h5-11,18H,4,12H2,1-3H3,(H,20,21). The van der Waals surface area contributed by atoms with Crippen molar-refractivity contribution in [3.8, 4) is 5.75 Å². The number of hydrogen-bond acceptors (Lipinski definition) is 2. The number of rotatable bonds is 6. The molecular weight excluding hydrogens is 276 g/mol. The second kappa shape index (κ2) is 7.12. The topological polar surface area (TPSA) is 46.5 Å². The van der Waals surface area contributed by atoms with Gasteiger partial charge < -0.3 is 9.84 Å². The number of carbonyl (C=O) groups is 1. The third-order valence-corrected chi connectivity index (χ3v) is 3.76. The molecule has 3 nitrogen and oxygen atoms in total. The summed E-state index contributed by atoms with van der Waals surface area (Å²) in [5, 5.41) is 9.64. The van der Waals surface area contributed by atoms with Crippen LogP contribution in [0, 0.1) is 13.8 Å². The van der Waals surface area contributed by atoms with Gasteiger partial charge in [0.2, 0.25) is 0 Å². The summed E-state index contributed by atoms with van der Waals surface area (Å²) in [6, 6.07) is 13.6. The zero-order valence-corrected chi connectivity index (χ0v) is 13.3. The highest BCUT2D eigenvalue weighted by molar-refractivity contribution is 5.77. The van der Waals surface area contributed by atoms with Crippen molar-refractivity contribution >= 4 is 5.97 Å². The van der Waals surface area contributed by atoms with Crippen LogP contribution in [0.15, 0.2) is 42.5 Å². The normalized spacial score (nSPS) is 12.0. The minimum absolute atomic E-state index is 0.459. The van der Waals surface area contributed by atoms with Gasteiger partial charge in [0.1, 0.15) is 5.75 Å². The van der Waals surface area contributed by atoms with Gasteiger partial charge in [-0.05, 0) is 56.0 Å². The molecule has 3 heteroatoms. The molecule has 0 bridgehead atoms. The molecule has 22 heavy (non-hydrogen) atoms. The summed E-state index contributed by atoms with van der Waals surface area (Å²) in [5.74, 6) is -0.558. The third-order valence-electron chi connectivity index (χ3n) is 3.76. The van der Waals surface area contributed by atoms with E-state index < -0.39 is 11.9 Å². The van der Waals surface area contributed by atoms with Gasteiger partial charge in [-0.1, -0.05) is 35.9 Å².